The molecule has 0 bridgehead atoms. The number of carbonyl (C=O) groups is 1. The van der Waals surface area contributed by atoms with Crippen molar-refractivity contribution in [2.24, 2.45) is 0 Å². The molecule has 0 atom stereocenters. The lowest BCUT2D eigenvalue weighted by molar-refractivity contribution is -0.137. The van der Waals surface area contributed by atoms with E-state index in [2.05, 4.69) is 5.10 Å². The van der Waals surface area contributed by atoms with Gasteiger partial charge in [-0.05, 0) is 45.3 Å². The molecule has 10 heteroatoms. The average molecular weight is 476 g/mol. The molecular formula is C24H24F4N4O2. The van der Waals surface area contributed by atoms with Crippen LogP contribution in [0.2, 0.25) is 0 Å². The second-order valence-electron chi connectivity index (χ2n) is 8.08. The molecule has 0 fully saturated rings. The number of alkyl halides is 3. The summed E-state index contributed by atoms with van der Waals surface area (Å²) in [5.41, 5.74) is -1.44. The molecule has 2 aromatic carbocycles. The maximum Gasteiger partial charge on any atom is 0.416 e. The standard InChI is InChI=1S/C24H24F4N4O2/c1-16-13-21(33)22(29-32(16)19-9-6-8-18(14-19)24(26,27)28)23(34)31(12-11-30(2)3)15-17-7-4-5-10-20(17)25/h4-10,13-14H,11-12,15H2,1-3H3. The number of carbonyl (C=O) groups excluding carboxylic acids is 1. The molecule has 1 heterocycles. The van der Waals surface area contributed by atoms with Gasteiger partial charge in [-0.25, -0.2) is 9.07 Å². The molecule has 0 aliphatic heterocycles. The van der Waals surface area contributed by atoms with Crippen molar-refractivity contribution in [1.82, 2.24) is 19.6 Å². The van der Waals surface area contributed by atoms with Gasteiger partial charge in [0.15, 0.2) is 5.69 Å². The molecule has 0 radical (unpaired) electrons. The van der Waals surface area contributed by atoms with E-state index in [1.165, 1.54) is 42.2 Å². The second-order valence-corrected chi connectivity index (χ2v) is 8.08. The Morgan fingerprint density at radius 1 is 1.03 bits per heavy atom. The minimum absolute atomic E-state index is 0.0512. The van der Waals surface area contributed by atoms with Crippen LogP contribution in [0.15, 0.2) is 59.4 Å². The summed E-state index contributed by atoms with van der Waals surface area (Å²) in [6, 6.07) is 11.6. The predicted molar refractivity (Wildman–Crippen MR) is 119 cm³/mol. The van der Waals surface area contributed by atoms with Crippen LogP contribution in [0.1, 0.15) is 27.3 Å². The van der Waals surface area contributed by atoms with Crippen LogP contribution in [0.3, 0.4) is 0 Å². The summed E-state index contributed by atoms with van der Waals surface area (Å²) in [4.78, 5) is 29.1. The van der Waals surface area contributed by atoms with Crippen molar-refractivity contribution in [1.29, 1.82) is 0 Å². The summed E-state index contributed by atoms with van der Waals surface area (Å²) in [6.45, 7) is 2.02. The van der Waals surface area contributed by atoms with E-state index in [9.17, 15) is 27.2 Å². The van der Waals surface area contributed by atoms with Crippen LogP contribution >= 0.6 is 0 Å². The Hall–Kier alpha value is -3.53. The molecule has 1 aromatic heterocycles. The summed E-state index contributed by atoms with van der Waals surface area (Å²) in [5, 5.41) is 4.12. The van der Waals surface area contributed by atoms with E-state index in [0.29, 0.717) is 6.54 Å². The van der Waals surface area contributed by atoms with E-state index in [1.807, 2.05) is 4.90 Å². The first-order chi connectivity index (χ1) is 16.0. The smallest absolute Gasteiger partial charge is 0.331 e. The normalized spacial score (nSPS) is 11.6. The quantitative estimate of drug-likeness (QED) is 0.486. The number of halogens is 4. The monoisotopic (exact) mass is 476 g/mol. The molecule has 0 unspecified atom stereocenters. The molecule has 3 rings (SSSR count). The molecule has 1 amide bonds. The van der Waals surface area contributed by atoms with Crippen molar-refractivity contribution < 1.29 is 22.4 Å². The van der Waals surface area contributed by atoms with E-state index < -0.39 is 34.6 Å². The number of nitrogens with zero attached hydrogens (tertiary/aromatic N) is 4. The maximum absolute atomic E-state index is 14.2. The maximum atomic E-state index is 14.2. The topological polar surface area (TPSA) is 58.4 Å². The Labute approximate surface area is 194 Å². The fourth-order valence-corrected chi connectivity index (χ4v) is 3.33. The molecule has 34 heavy (non-hydrogen) atoms. The third-order valence-electron chi connectivity index (χ3n) is 5.15. The number of aryl methyl sites for hydroxylation is 1. The predicted octanol–water partition coefficient (Wildman–Crippen LogP) is 3.90. The lowest BCUT2D eigenvalue weighted by atomic mass is 10.1. The van der Waals surface area contributed by atoms with Crippen molar-refractivity contribution in [3.8, 4) is 5.69 Å². The largest absolute Gasteiger partial charge is 0.416 e. The van der Waals surface area contributed by atoms with Crippen LogP contribution in [-0.2, 0) is 12.7 Å². The third kappa shape index (κ3) is 5.88. The zero-order valence-electron chi connectivity index (χ0n) is 18.9. The minimum Gasteiger partial charge on any atom is -0.331 e. The number of amides is 1. The van der Waals surface area contributed by atoms with Crippen molar-refractivity contribution in [2.75, 3.05) is 27.2 Å². The van der Waals surface area contributed by atoms with Crippen LogP contribution in [0.5, 0.6) is 0 Å². The Morgan fingerprint density at radius 2 is 1.74 bits per heavy atom. The zero-order valence-corrected chi connectivity index (χ0v) is 18.9. The summed E-state index contributed by atoms with van der Waals surface area (Å²) in [6.07, 6.45) is -4.57. The fourth-order valence-electron chi connectivity index (χ4n) is 3.33. The second kappa shape index (κ2) is 10.2. The SMILES string of the molecule is Cc1cc(=O)c(C(=O)N(CCN(C)C)Cc2ccccc2F)nn1-c1cccc(C(F)(F)F)c1. The fraction of sp³-hybridized carbons (Fsp3) is 0.292. The highest BCUT2D eigenvalue weighted by Crippen LogP contribution is 2.30. The van der Waals surface area contributed by atoms with E-state index in [-0.39, 0.29) is 30.0 Å². The summed E-state index contributed by atoms with van der Waals surface area (Å²) < 4.78 is 54.9. The van der Waals surface area contributed by atoms with Crippen LogP contribution in [-0.4, -0.2) is 52.7 Å². The molecule has 0 spiro atoms. The molecular weight excluding hydrogens is 452 g/mol. The Bertz CT molecular complexity index is 1240. The van der Waals surface area contributed by atoms with E-state index in [4.69, 9.17) is 0 Å². The van der Waals surface area contributed by atoms with Gasteiger partial charge < -0.3 is 9.80 Å². The highest BCUT2D eigenvalue weighted by molar-refractivity contribution is 5.92. The van der Waals surface area contributed by atoms with Gasteiger partial charge in [-0.2, -0.15) is 18.3 Å². The van der Waals surface area contributed by atoms with E-state index >= 15 is 0 Å². The van der Waals surface area contributed by atoms with Crippen molar-refractivity contribution >= 4 is 5.91 Å². The molecule has 0 aliphatic rings. The lowest BCUT2D eigenvalue weighted by Gasteiger charge is -2.24. The van der Waals surface area contributed by atoms with Crippen LogP contribution in [0, 0.1) is 12.7 Å². The Balaban J connectivity index is 2.03. The van der Waals surface area contributed by atoms with Crippen molar-refractivity contribution in [2.45, 2.75) is 19.6 Å². The van der Waals surface area contributed by atoms with Gasteiger partial charge in [0.2, 0.25) is 5.43 Å². The number of likely N-dealkylation sites (N-methyl/N-ethyl adjacent to an activating group) is 1. The van der Waals surface area contributed by atoms with E-state index in [1.54, 1.807) is 20.2 Å². The van der Waals surface area contributed by atoms with Gasteiger partial charge in [0.05, 0.1) is 11.3 Å². The molecule has 0 aliphatic carbocycles. The van der Waals surface area contributed by atoms with Crippen molar-refractivity contribution in [3.63, 3.8) is 0 Å². The van der Waals surface area contributed by atoms with Gasteiger partial charge in [0, 0.05) is 37.0 Å². The first-order valence-electron chi connectivity index (χ1n) is 10.4. The number of hydrogen-bond donors (Lipinski definition) is 0. The van der Waals surface area contributed by atoms with E-state index in [0.717, 1.165) is 22.9 Å². The van der Waals surface area contributed by atoms with Gasteiger partial charge in [0.25, 0.3) is 5.91 Å². The van der Waals surface area contributed by atoms with Crippen LogP contribution in [0.4, 0.5) is 17.6 Å². The molecule has 3 aromatic rings. The first kappa shape index (κ1) is 25.1. The molecule has 0 saturated carbocycles. The minimum atomic E-state index is -4.57. The molecule has 6 nitrogen and oxygen atoms in total. The zero-order chi connectivity index (χ0) is 25.0. The van der Waals surface area contributed by atoms with Gasteiger partial charge in [-0.1, -0.05) is 24.3 Å². The molecule has 0 saturated heterocycles. The number of hydrogen-bond acceptors (Lipinski definition) is 4. The number of benzene rings is 2. The van der Waals surface area contributed by atoms with Gasteiger partial charge >= 0.3 is 6.18 Å². The van der Waals surface area contributed by atoms with Crippen LogP contribution in [0.25, 0.3) is 5.69 Å². The summed E-state index contributed by atoms with van der Waals surface area (Å²) >= 11 is 0. The van der Waals surface area contributed by atoms with Gasteiger partial charge in [-0.15, -0.1) is 0 Å². The Kier molecular flexibility index (Phi) is 7.51. The third-order valence-corrected chi connectivity index (χ3v) is 5.15. The van der Waals surface area contributed by atoms with Gasteiger partial charge in [-0.3, -0.25) is 9.59 Å². The first-order valence-corrected chi connectivity index (χ1v) is 10.4. The lowest BCUT2D eigenvalue weighted by Crippen LogP contribution is -2.39. The highest BCUT2D eigenvalue weighted by Gasteiger charge is 2.31. The number of rotatable bonds is 7. The average Bonchev–Trinajstić information content (AvgIpc) is 2.77. The summed E-state index contributed by atoms with van der Waals surface area (Å²) in [7, 11) is 3.60. The van der Waals surface area contributed by atoms with Crippen molar-refractivity contribution in [3.05, 3.63) is 93.2 Å². The Morgan fingerprint density at radius 3 is 2.38 bits per heavy atom. The summed E-state index contributed by atoms with van der Waals surface area (Å²) in [5.74, 6) is -1.24. The van der Waals surface area contributed by atoms with Gasteiger partial charge in [0.1, 0.15) is 5.82 Å². The molecule has 180 valence electrons. The van der Waals surface area contributed by atoms with Crippen LogP contribution < -0.4 is 5.43 Å². The number of aromatic nitrogens is 2. The molecule has 0 N–H and O–H groups in total. The highest BCUT2D eigenvalue weighted by atomic mass is 19.4.